The lowest BCUT2D eigenvalue weighted by molar-refractivity contribution is -0.122. The number of fused-ring (bicyclic) bond motifs is 3. The average molecular weight is 435 g/mol. The summed E-state index contributed by atoms with van der Waals surface area (Å²) < 4.78 is 34.6. The summed E-state index contributed by atoms with van der Waals surface area (Å²) in [5.41, 5.74) is 3.24. The van der Waals surface area contributed by atoms with Crippen molar-refractivity contribution >= 4 is 23.8 Å². The number of hydrogen-bond donors (Lipinski definition) is 2. The van der Waals surface area contributed by atoms with Gasteiger partial charge in [-0.3, -0.25) is 14.7 Å². The highest BCUT2D eigenvalue weighted by molar-refractivity contribution is 6.03. The molecule has 0 radical (unpaired) electrons. The molecule has 0 aromatic heterocycles. The molecule has 7 nitrogen and oxygen atoms in total. The van der Waals surface area contributed by atoms with E-state index >= 15 is 0 Å². The van der Waals surface area contributed by atoms with Crippen molar-refractivity contribution in [3.8, 4) is 5.75 Å². The highest BCUT2D eigenvalue weighted by Gasteiger charge is 2.44. The van der Waals surface area contributed by atoms with Crippen LogP contribution < -0.4 is 15.4 Å². The van der Waals surface area contributed by atoms with Crippen molar-refractivity contribution in [2.24, 2.45) is 9.98 Å². The first-order chi connectivity index (χ1) is 15.6. The first-order valence-corrected chi connectivity index (χ1v) is 10.4. The zero-order chi connectivity index (χ0) is 21.8. The van der Waals surface area contributed by atoms with Crippen molar-refractivity contribution in [2.75, 3.05) is 6.61 Å². The molecule has 0 saturated heterocycles. The number of ether oxygens (including phenoxy) is 1. The van der Waals surface area contributed by atoms with Crippen molar-refractivity contribution in [3.05, 3.63) is 70.4 Å². The molecule has 0 fully saturated rings. The fourth-order valence-corrected chi connectivity index (χ4v) is 4.76. The second-order valence-electron chi connectivity index (χ2n) is 8.03. The first kappa shape index (κ1) is 19.0. The summed E-state index contributed by atoms with van der Waals surface area (Å²) in [5, 5.41) is 5.92. The molecule has 2 N–H and O–H groups in total. The van der Waals surface area contributed by atoms with Gasteiger partial charge < -0.3 is 15.4 Å². The van der Waals surface area contributed by atoms with E-state index in [0.29, 0.717) is 41.4 Å². The maximum atomic E-state index is 14.5. The predicted molar refractivity (Wildman–Crippen MR) is 114 cm³/mol. The molecule has 32 heavy (non-hydrogen) atoms. The molecule has 6 rings (SSSR count). The molecule has 9 heteroatoms. The number of guanidine groups is 1. The maximum Gasteiger partial charge on any atom is 0.247 e. The van der Waals surface area contributed by atoms with E-state index in [0.717, 1.165) is 11.1 Å². The topological polar surface area (TPSA) is 78.3 Å². The summed E-state index contributed by atoms with van der Waals surface area (Å²) >= 11 is 0. The van der Waals surface area contributed by atoms with Crippen LogP contribution in [0, 0.1) is 11.6 Å². The van der Waals surface area contributed by atoms with E-state index in [1.165, 1.54) is 12.1 Å². The van der Waals surface area contributed by atoms with Crippen LogP contribution in [0.4, 0.5) is 8.78 Å². The van der Waals surface area contributed by atoms with Crippen LogP contribution in [0.1, 0.15) is 22.3 Å². The molecule has 4 heterocycles. The van der Waals surface area contributed by atoms with Gasteiger partial charge in [0.2, 0.25) is 11.9 Å². The van der Waals surface area contributed by atoms with E-state index in [1.54, 1.807) is 29.6 Å². The number of hydrogen-bond acceptors (Lipinski definition) is 4. The Kier molecular flexibility index (Phi) is 4.24. The summed E-state index contributed by atoms with van der Waals surface area (Å²) in [6.07, 6.45) is 3.95. The van der Waals surface area contributed by atoms with Gasteiger partial charge in [-0.25, -0.2) is 13.8 Å². The minimum atomic E-state index is -0.684. The van der Waals surface area contributed by atoms with E-state index in [9.17, 15) is 13.6 Å². The van der Waals surface area contributed by atoms with Gasteiger partial charge in [-0.15, -0.1) is 0 Å². The normalized spacial score (nSPS) is 23.9. The number of amides is 1. The standard InChI is InChI=1S/C23H19F2N5O2/c24-17-3-1-2-12-14(17)8-26-22(31)20-21-16(12)10-28-23(30(21)11-29-20)27-9-15-13-6-7-32-19(13)5-4-18(15)25/h1-5,10-11,20-21H,6-9H2,(H,26,31)(H,27,28). The molecule has 162 valence electrons. The van der Waals surface area contributed by atoms with Gasteiger partial charge in [-0.1, -0.05) is 12.1 Å². The molecular formula is C23H19F2N5O2. The molecule has 1 amide bonds. The van der Waals surface area contributed by atoms with Gasteiger partial charge in [0, 0.05) is 41.4 Å². The second-order valence-corrected chi connectivity index (χ2v) is 8.03. The first-order valence-electron chi connectivity index (χ1n) is 10.4. The predicted octanol–water partition coefficient (Wildman–Crippen LogP) is 2.11. The molecule has 2 atom stereocenters. The number of benzene rings is 2. The SMILES string of the molecule is O=C1NCc2c(F)cccc2C2=CNC(=NCc3c(F)ccc4c3CCO4)N3C=NC1C23. The van der Waals surface area contributed by atoms with Crippen LogP contribution in [0.25, 0.3) is 5.57 Å². The van der Waals surface area contributed by atoms with Crippen LogP contribution in [0.5, 0.6) is 5.75 Å². The highest BCUT2D eigenvalue weighted by Crippen LogP contribution is 2.35. The molecule has 2 aromatic carbocycles. The van der Waals surface area contributed by atoms with E-state index in [4.69, 9.17) is 4.74 Å². The summed E-state index contributed by atoms with van der Waals surface area (Å²) in [7, 11) is 0. The monoisotopic (exact) mass is 435 g/mol. The van der Waals surface area contributed by atoms with Gasteiger partial charge in [0.15, 0.2) is 6.04 Å². The fraction of sp³-hybridized carbons (Fsp3) is 0.261. The lowest BCUT2D eigenvalue weighted by Gasteiger charge is -2.36. The molecule has 0 bridgehead atoms. The lowest BCUT2D eigenvalue weighted by Crippen LogP contribution is -2.54. The molecule has 0 aliphatic carbocycles. The van der Waals surface area contributed by atoms with Crippen LogP contribution in [0.2, 0.25) is 0 Å². The number of nitrogens with zero attached hydrogens (tertiary/aromatic N) is 3. The number of halogens is 2. The van der Waals surface area contributed by atoms with Crippen LogP contribution in [0.3, 0.4) is 0 Å². The van der Waals surface area contributed by atoms with E-state index < -0.39 is 12.1 Å². The second kappa shape index (κ2) is 7.15. The summed E-state index contributed by atoms with van der Waals surface area (Å²) in [5.74, 6) is 0.167. The van der Waals surface area contributed by atoms with Crippen LogP contribution in [0.15, 0.2) is 46.5 Å². The molecule has 2 aromatic rings. The Bertz CT molecular complexity index is 1240. The molecule has 0 spiro atoms. The Morgan fingerprint density at radius 2 is 2.09 bits per heavy atom. The van der Waals surface area contributed by atoms with Crippen molar-refractivity contribution < 1.29 is 18.3 Å². The Balaban J connectivity index is 1.40. The Hall–Kier alpha value is -3.75. The number of carbonyl (C=O) groups is 1. The third-order valence-corrected chi connectivity index (χ3v) is 6.34. The summed E-state index contributed by atoms with van der Waals surface area (Å²) in [4.78, 5) is 23.5. The van der Waals surface area contributed by atoms with Crippen molar-refractivity contribution in [3.63, 3.8) is 0 Å². The Morgan fingerprint density at radius 1 is 1.19 bits per heavy atom. The lowest BCUT2D eigenvalue weighted by atomic mass is 9.87. The average Bonchev–Trinajstić information content (AvgIpc) is 3.44. The van der Waals surface area contributed by atoms with Gasteiger partial charge in [0.25, 0.3) is 0 Å². The van der Waals surface area contributed by atoms with Gasteiger partial charge in [0.05, 0.1) is 25.5 Å². The number of aliphatic imine (C=N–C) groups is 2. The van der Waals surface area contributed by atoms with E-state index in [-0.39, 0.29) is 30.6 Å². The maximum absolute atomic E-state index is 14.5. The molecule has 4 aliphatic rings. The molecule has 0 saturated carbocycles. The smallest absolute Gasteiger partial charge is 0.247 e. The fourth-order valence-electron chi connectivity index (χ4n) is 4.76. The highest BCUT2D eigenvalue weighted by atomic mass is 19.1. The molecule has 2 unspecified atom stereocenters. The number of nitrogens with one attached hydrogen (secondary N) is 2. The van der Waals surface area contributed by atoms with Crippen LogP contribution in [-0.4, -0.2) is 41.8 Å². The van der Waals surface area contributed by atoms with Gasteiger partial charge in [-0.05, 0) is 23.8 Å². The molecule has 4 aliphatic heterocycles. The van der Waals surface area contributed by atoms with E-state index in [1.807, 2.05) is 6.07 Å². The quantitative estimate of drug-likeness (QED) is 0.758. The zero-order valence-corrected chi connectivity index (χ0v) is 16.9. The van der Waals surface area contributed by atoms with Crippen LogP contribution >= 0.6 is 0 Å². The minimum absolute atomic E-state index is 0.0956. The van der Waals surface area contributed by atoms with Crippen molar-refractivity contribution in [1.29, 1.82) is 0 Å². The zero-order valence-electron chi connectivity index (χ0n) is 16.9. The van der Waals surface area contributed by atoms with Gasteiger partial charge in [0.1, 0.15) is 17.4 Å². The van der Waals surface area contributed by atoms with Gasteiger partial charge in [-0.2, -0.15) is 0 Å². The number of rotatable bonds is 2. The number of carbonyl (C=O) groups excluding carboxylic acids is 1. The summed E-state index contributed by atoms with van der Waals surface area (Å²) in [6.45, 7) is 0.738. The Labute approximate surface area is 182 Å². The largest absolute Gasteiger partial charge is 0.493 e. The van der Waals surface area contributed by atoms with Crippen molar-refractivity contribution in [2.45, 2.75) is 31.6 Å². The van der Waals surface area contributed by atoms with E-state index in [2.05, 4.69) is 20.6 Å². The Morgan fingerprint density at radius 3 is 3.00 bits per heavy atom. The third kappa shape index (κ3) is 2.80. The summed E-state index contributed by atoms with van der Waals surface area (Å²) in [6, 6.07) is 6.75. The molecular weight excluding hydrogens is 416 g/mol. The third-order valence-electron chi connectivity index (χ3n) is 6.34. The van der Waals surface area contributed by atoms with Gasteiger partial charge >= 0.3 is 0 Å². The van der Waals surface area contributed by atoms with Crippen molar-refractivity contribution in [1.82, 2.24) is 15.5 Å². The minimum Gasteiger partial charge on any atom is -0.493 e. The van der Waals surface area contributed by atoms with Crippen LogP contribution in [-0.2, 0) is 24.3 Å².